The van der Waals surface area contributed by atoms with E-state index in [1.807, 2.05) is 13.8 Å². The zero-order valence-corrected chi connectivity index (χ0v) is 14.1. The fourth-order valence-electron chi connectivity index (χ4n) is 2.51. The first-order valence-electron chi connectivity index (χ1n) is 8.04. The smallest absolute Gasteiger partial charge is 0.426 e. The predicted octanol–water partition coefficient (Wildman–Crippen LogP) is -1.51. The van der Waals surface area contributed by atoms with Crippen molar-refractivity contribution in [3.63, 3.8) is 0 Å². The zero-order valence-electron chi connectivity index (χ0n) is 14.1. The van der Waals surface area contributed by atoms with Crippen molar-refractivity contribution in [2.24, 2.45) is 11.7 Å². The van der Waals surface area contributed by atoms with E-state index in [1.165, 1.54) is 4.90 Å². The van der Waals surface area contributed by atoms with Gasteiger partial charge in [0.05, 0.1) is 12.5 Å². The van der Waals surface area contributed by atoms with Gasteiger partial charge in [0.2, 0.25) is 11.8 Å². The van der Waals surface area contributed by atoms with Crippen LogP contribution in [-0.2, 0) is 14.3 Å². The van der Waals surface area contributed by atoms with Crippen LogP contribution in [0.2, 0.25) is 0 Å². The molecule has 0 unspecified atom stereocenters. The minimum atomic E-state index is -1.57. The average Bonchev–Trinajstić information content (AvgIpc) is 2.95. The molecule has 0 spiro atoms. The standard InChI is InChI=1S/C14H28BN3O5/c1-9(2)7-23-8-11(16)13(19)17-10(3)14(20)18-6-4-5-12(18)15(21)22/h9-12,21-22H,4-8,16H2,1-3H3,(H,17,19)/t10-,11+,12+/m1/s1. The molecular formula is C14H28BN3O5. The van der Waals surface area contributed by atoms with Gasteiger partial charge in [-0.3, -0.25) is 9.59 Å². The van der Waals surface area contributed by atoms with Crippen LogP contribution in [0.25, 0.3) is 0 Å². The minimum absolute atomic E-state index is 0.0899. The molecule has 1 saturated heterocycles. The van der Waals surface area contributed by atoms with Crippen LogP contribution in [0.15, 0.2) is 0 Å². The number of nitrogens with one attached hydrogen (secondary N) is 1. The molecule has 8 nitrogen and oxygen atoms in total. The average molecular weight is 329 g/mol. The molecule has 0 aromatic heterocycles. The molecule has 1 heterocycles. The van der Waals surface area contributed by atoms with Gasteiger partial charge in [-0.2, -0.15) is 0 Å². The Bertz CT molecular complexity index is 408. The third-order valence-corrected chi connectivity index (χ3v) is 3.74. The van der Waals surface area contributed by atoms with Crippen LogP contribution in [0.5, 0.6) is 0 Å². The number of hydrogen-bond donors (Lipinski definition) is 4. The van der Waals surface area contributed by atoms with Gasteiger partial charge in [0, 0.05) is 13.2 Å². The Kier molecular flexibility index (Phi) is 7.97. The van der Waals surface area contributed by atoms with Crippen molar-refractivity contribution < 1.29 is 24.4 Å². The van der Waals surface area contributed by atoms with Crippen molar-refractivity contribution in [3.8, 4) is 0 Å². The first-order valence-corrected chi connectivity index (χ1v) is 8.04. The lowest BCUT2D eigenvalue weighted by Gasteiger charge is -2.27. The van der Waals surface area contributed by atoms with Crippen molar-refractivity contribution in [3.05, 3.63) is 0 Å². The topological polar surface area (TPSA) is 125 Å². The van der Waals surface area contributed by atoms with Crippen LogP contribution in [0, 0.1) is 5.92 Å². The maximum atomic E-state index is 12.3. The van der Waals surface area contributed by atoms with Gasteiger partial charge in [0.15, 0.2) is 0 Å². The molecule has 0 saturated carbocycles. The van der Waals surface area contributed by atoms with Crippen LogP contribution < -0.4 is 11.1 Å². The third-order valence-electron chi connectivity index (χ3n) is 3.74. The van der Waals surface area contributed by atoms with E-state index in [0.717, 1.165) is 0 Å². The molecule has 5 N–H and O–H groups in total. The van der Waals surface area contributed by atoms with Gasteiger partial charge in [-0.25, -0.2) is 0 Å². The van der Waals surface area contributed by atoms with Crippen molar-refractivity contribution in [1.82, 2.24) is 10.2 Å². The first kappa shape index (κ1) is 19.9. The summed E-state index contributed by atoms with van der Waals surface area (Å²) in [7, 11) is -1.57. The van der Waals surface area contributed by atoms with E-state index in [4.69, 9.17) is 10.5 Å². The lowest BCUT2D eigenvalue weighted by atomic mass is 9.78. The Hall–Kier alpha value is -1.16. The molecule has 0 aromatic rings. The molecule has 2 amide bonds. The summed E-state index contributed by atoms with van der Waals surface area (Å²) in [6.07, 6.45) is 1.24. The van der Waals surface area contributed by atoms with Crippen LogP contribution in [0.4, 0.5) is 0 Å². The second-order valence-electron chi connectivity index (χ2n) is 6.42. The van der Waals surface area contributed by atoms with Crippen molar-refractivity contribution in [1.29, 1.82) is 0 Å². The van der Waals surface area contributed by atoms with Gasteiger partial charge >= 0.3 is 7.12 Å². The summed E-state index contributed by atoms with van der Waals surface area (Å²) in [4.78, 5) is 25.7. The highest BCUT2D eigenvalue weighted by molar-refractivity contribution is 6.43. The number of likely N-dealkylation sites (tertiary alicyclic amines) is 1. The number of carbonyl (C=O) groups excluding carboxylic acids is 2. The van der Waals surface area contributed by atoms with Gasteiger partial charge in [-0.1, -0.05) is 13.8 Å². The molecular weight excluding hydrogens is 301 g/mol. The summed E-state index contributed by atoms with van der Waals surface area (Å²) >= 11 is 0. The van der Waals surface area contributed by atoms with E-state index >= 15 is 0 Å². The van der Waals surface area contributed by atoms with E-state index in [2.05, 4.69) is 5.32 Å². The largest absolute Gasteiger partial charge is 0.475 e. The fourth-order valence-corrected chi connectivity index (χ4v) is 2.51. The number of ether oxygens (including phenoxy) is 1. The van der Waals surface area contributed by atoms with Gasteiger partial charge in [-0.15, -0.1) is 0 Å². The number of nitrogens with two attached hydrogens (primary N) is 1. The molecule has 0 aromatic carbocycles. The van der Waals surface area contributed by atoms with E-state index in [-0.39, 0.29) is 12.5 Å². The van der Waals surface area contributed by atoms with Crippen LogP contribution >= 0.6 is 0 Å². The SMILES string of the molecule is CC(C)COC[C@H](N)C(=O)N[C@H](C)C(=O)N1CCC[C@H]1B(O)O. The summed E-state index contributed by atoms with van der Waals surface area (Å²) in [5.41, 5.74) is 5.74. The maximum absolute atomic E-state index is 12.3. The van der Waals surface area contributed by atoms with Gasteiger partial charge in [0.25, 0.3) is 0 Å². The molecule has 1 rings (SSSR count). The Morgan fingerprint density at radius 2 is 2.00 bits per heavy atom. The van der Waals surface area contributed by atoms with Gasteiger partial charge < -0.3 is 30.7 Å². The third kappa shape index (κ3) is 6.10. The highest BCUT2D eigenvalue weighted by atomic mass is 16.5. The van der Waals surface area contributed by atoms with Crippen LogP contribution in [0.1, 0.15) is 33.6 Å². The molecule has 132 valence electrons. The minimum Gasteiger partial charge on any atom is -0.426 e. The monoisotopic (exact) mass is 329 g/mol. The summed E-state index contributed by atoms with van der Waals surface area (Å²) < 4.78 is 5.32. The first-order chi connectivity index (χ1) is 10.7. The maximum Gasteiger partial charge on any atom is 0.475 e. The van der Waals surface area contributed by atoms with E-state index < -0.39 is 31.1 Å². The van der Waals surface area contributed by atoms with Gasteiger partial charge in [0.1, 0.15) is 12.1 Å². The highest BCUT2D eigenvalue weighted by Gasteiger charge is 2.38. The summed E-state index contributed by atoms with van der Waals surface area (Å²) in [6, 6.07) is -1.63. The fraction of sp³-hybridized carbons (Fsp3) is 0.857. The van der Waals surface area contributed by atoms with Gasteiger partial charge in [-0.05, 0) is 25.7 Å². The predicted molar refractivity (Wildman–Crippen MR) is 86.2 cm³/mol. The normalized spacial score (nSPS) is 20.5. The molecule has 0 bridgehead atoms. The molecule has 9 heteroatoms. The molecule has 0 aliphatic carbocycles. The van der Waals surface area contributed by atoms with Crippen molar-refractivity contribution >= 4 is 18.9 Å². The lowest BCUT2D eigenvalue weighted by Crippen LogP contribution is -2.55. The number of rotatable bonds is 8. The highest BCUT2D eigenvalue weighted by Crippen LogP contribution is 2.19. The second kappa shape index (κ2) is 9.22. The van der Waals surface area contributed by atoms with Crippen molar-refractivity contribution in [2.75, 3.05) is 19.8 Å². The molecule has 1 aliphatic heterocycles. The Morgan fingerprint density at radius 3 is 2.57 bits per heavy atom. The van der Waals surface area contributed by atoms with E-state index in [1.54, 1.807) is 6.92 Å². The Balaban J connectivity index is 2.46. The second-order valence-corrected chi connectivity index (χ2v) is 6.42. The Morgan fingerprint density at radius 1 is 1.35 bits per heavy atom. The molecule has 1 fully saturated rings. The van der Waals surface area contributed by atoms with E-state index in [9.17, 15) is 19.6 Å². The molecule has 3 atom stereocenters. The molecule has 1 aliphatic rings. The van der Waals surface area contributed by atoms with Crippen molar-refractivity contribution in [2.45, 2.75) is 51.6 Å². The van der Waals surface area contributed by atoms with Crippen LogP contribution in [-0.4, -0.2) is 71.7 Å². The number of amides is 2. The lowest BCUT2D eigenvalue weighted by molar-refractivity contribution is -0.136. The Labute approximate surface area is 137 Å². The number of hydrogen-bond acceptors (Lipinski definition) is 6. The summed E-state index contributed by atoms with van der Waals surface area (Å²) in [5.74, 6) is -1.08. The zero-order chi connectivity index (χ0) is 17.6. The number of nitrogens with zero attached hydrogens (tertiary/aromatic N) is 1. The molecule has 0 radical (unpaired) electrons. The quantitative estimate of drug-likeness (QED) is 0.402. The summed E-state index contributed by atoms with van der Waals surface area (Å²) in [5, 5.41) is 21.2. The molecule has 23 heavy (non-hydrogen) atoms. The summed E-state index contributed by atoms with van der Waals surface area (Å²) in [6.45, 7) is 6.60. The van der Waals surface area contributed by atoms with Crippen LogP contribution in [0.3, 0.4) is 0 Å². The number of carbonyl (C=O) groups is 2. The van der Waals surface area contributed by atoms with E-state index in [0.29, 0.717) is 31.9 Å².